The Morgan fingerprint density at radius 2 is 1.50 bits per heavy atom. The van der Waals surface area contributed by atoms with Gasteiger partial charge < -0.3 is 9.80 Å². The number of anilines is 1. The Labute approximate surface area is 177 Å². The molecule has 2 aromatic rings. The SMILES string of the molecule is Cc1cccc(N2CCN(C(=O)CCCN3C(=O)c4ccccc4C3=O)CC2)c1C. The van der Waals surface area contributed by atoms with Gasteiger partial charge in [0.1, 0.15) is 0 Å². The van der Waals surface area contributed by atoms with Crippen molar-refractivity contribution < 1.29 is 14.4 Å². The summed E-state index contributed by atoms with van der Waals surface area (Å²) in [7, 11) is 0. The van der Waals surface area contributed by atoms with Crippen molar-refractivity contribution in [2.45, 2.75) is 26.7 Å². The number of hydrogen-bond acceptors (Lipinski definition) is 4. The first-order valence-corrected chi connectivity index (χ1v) is 10.5. The summed E-state index contributed by atoms with van der Waals surface area (Å²) >= 11 is 0. The minimum absolute atomic E-state index is 0.0900. The summed E-state index contributed by atoms with van der Waals surface area (Å²) in [5, 5.41) is 0. The average Bonchev–Trinajstić information content (AvgIpc) is 3.01. The summed E-state index contributed by atoms with van der Waals surface area (Å²) in [6.45, 7) is 7.55. The zero-order chi connectivity index (χ0) is 21.3. The van der Waals surface area contributed by atoms with E-state index in [9.17, 15) is 14.4 Å². The highest BCUT2D eigenvalue weighted by atomic mass is 16.2. The number of hydrogen-bond donors (Lipinski definition) is 0. The molecule has 3 amide bonds. The fourth-order valence-electron chi connectivity index (χ4n) is 4.26. The van der Waals surface area contributed by atoms with Crippen molar-refractivity contribution in [1.82, 2.24) is 9.80 Å². The maximum absolute atomic E-state index is 12.6. The van der Waals surface area contributed by atoms with Crippen molar-refractivity contribution in [2.24, 2.45) is 0 Å². The number of imide groups is 1. The maximum atomic E-state index is 12.6. The number of nitrogens with zero attached hydrogens (tertiary/aromatic N) is 3. The number of rotatable bonds is 5. The highest BCUT2D eigenvalue weighted by molar-refractivity contribution is 6.21. The Balaban J connectivity index is 1.27. The molecule has 6 nitrogen and oxygen atoms in total. The van der Waals surface area contributed by atoms with Crippen LogP contribution in [0.2, 0.25) is 0 Å². The van der Waals surface area contributed by atoms with E-state index < -0.39 is 0 Å². The Morgan fingerprint density at radius 1 is 0.867 bits per heavy atom. The molecular formula is C24H27N3O3. The monoisotopic (exact) mass is 405 g/mol. The number of carbonyl (C=O) groups excluding carboxylic acids is 3. The average molecular weight is 405 g/mol. The Morgan fingerprint density at radius 3 is 2.13 bits per heavy atom. The summed E-state index contributed by atoms with van der Waals surface area (Å²) in [5.41, 5.74) is 4.72. The molecule has 0 unspecified atom stereocenters. The number of fused-ring (bicyclic) bond motifs is 1. The van der Waals surface area contributed by atoms with Crippen LogP contribution in [-0.4, -0.2) is 60.2 Å². The number of amides is 3. The third kappa shape index (κ3) is 3.70. The molecular weight excluding hydrogens is 378 g/mol. The van der Waals surface area contributed by atoms with Crippen molar-refractivity contribution in [1.29, 1.82) is 0 Å². The van der Waals surface area contributed by atoms with E-state index in [1.165, 1.54) is 21.7 Å². The molecule has 0 spiro atoms. The van der Waals surface area contributed by atoms with E-state index in [0.29, 0.717) is 37.1 Å². The van der Waals surface area contributed by atoms with Gasteiger partial charge in [0.25, 0.3) is 11.8 Å². The molecule has 0 atom stereocenters. The second kappa shape index (κ2) is 8.30. The van der Waals surface area contributed by atoms with Gasteiger partial charge in [-0.2, -0.15) is 0 Å². The number of benzene rings is 2. The van der Waals surface area contributed by atoms with Crippen LogP contribution in [0.4, 0.5) is 5.69 Å². The molecule has 0 aliphatic carbocycles. The largest absolute Gasteiger partial charge is 0.368 e. The third-order valence-electron chi connectivity index (χ3n) is 6.20. The van der Waals surface area contributed by atoms with Crippen molar-refractivity contribution >= 4 is 23.4 Å². The molecule has 2 aromatic carbocycles. The molecule has 0 bridgehead atoms. The molecule has 0 radical (unpaired) electrons. The van der Waals surface area contributed by atoms with E-state index in [0.717, 1.165) is 13.1 Å². The summed E-state index contributed by atoms with van der Waals surface area (Å²) in [4.78, 5) is 42.9. The van der Waals surface area contributed by atoms with Gasteiger partial charge in [-0.15, -0.1) is 0 Å². The van der Waals surface area contributed by atoms with Crippen LogP contribution < -0.4 is 4.90 Å². The zero-order valence-electron chi connectivity index (χ0n) is 17.6. The van der Waals surface area contributed by atoms with E-state index in [-0.39, 0.29) is 24.3 Å². The van der Waals surface area contributed by atoms with Crippen LogP contribution in [0.1, 0.15) is 44.7 Å². The molecule has 1 fully saturated rings. The summed E-state index contributed by atoms with van der Waals surface area (Å²) in [6, 6.07) is 13.2. The van der Waals surface area contributed by atoms with Crippen LogP contribution in [0.3, 0.4) is 0 Å². The number of aryl methyl sites for hydroxylation is 1. The molecule has 156 valence electrons. The molecule has 2 heterocycles. The Kier molecular flexibility index (Phi) is 5.57. The molecule has 2 aliphatic rings. The van der Waals surface area contributed by atoms with Gasteiger partial charge in [0.2, 0.25) is 5.91 Å². The first-order chi connectivity index (χ1) is 14.5. The van der Waals surface area contributed by atoms with Crippen LogP contribution in [0.5, 0.6) is 0 Å². The lowest BCUT2D eigenvalue weighted by Gasteiger charge is -2.37. The summed E-state index contributed by atoms with van der Waals surface area (Å²) in [6.07, 6.45) is 0.832. The van der Waals surface area contributed by atoms with Crippen LogP contribution in [0, 0.1) is 13.8 Å². The second-order valence-corrected chi connectivity index (χ2v) is 8.00. The van der Waals surface area contributed by atoms with E-state index in [4.69, 9.17) is 0 Å². The summed E-state index contributed by atoms with van der Waals surface area (Å²) < 4.78 is 0. The topological polar surface area (TPSA) is 60.9 Å². The van der Waals surface area contributed by atoms with E-state index in [2.05, 4.69) is 36.9 Å². The maximum Gasteiger partial charge on any atom is 0.261 e. The lowest BCUT2D eigenvalue weighted by Crippen LogP contribution is -2.49. The zero-order valence-corrected chi connectivity index (χ0v) is 17.6. The number of piperazine rings is 1. The number of carbonyl (C=O) groups is 3. The van der Waals surface area contributed by atoms with Gasteiger partial charge in [0.05, 0.1) is 11.1 Å². The van der Waals surface area contributed by atoms with Crippen molar-refractivity contribution in [3.63, 3.8) is 0 Å². The second-order valence-electron chi connectivity index (χ2n) is 8.00. The van der Waals surface area contributed by atoms with Gasteiger partial charge in [-0.3, -0.25) is 19.3 Å². The highest BCUT2D eigenvalue weighted by Gasteiger charge is 2.34. The predicted molar refractivity (Wildman–Crippen MR) is 116 cm³/mol. The normalized spacial score (nSPS) is 16.3. The minimum atomic E-state index is -0.259. The van der Waals surface area contributed by atoms with Crippen molar-refractivity contribution in [3.05, 3.63) is 64.7 Å². The van der Waals surface area contributed by atoms with Gasteiger partial charge in [-0.1, -0.05) is 24.3 Å². The lowest BCUT2D eigenvalue weighted by molar-refractivity contribution is -0.131. The van der Waals surface area contributed by atoms with Crippen LogP contribution in [0.25, 0.3) is 0 Å². The first-order valence-electron chi connectivity index (χ1n) is 10.5. The highest BCUT2D eigenvalue weighted by Crippen LogP contribution is 2.25. The molecule has 2 aliphatic heterocycles. The van der Waals surface area contributed by atoms with Gasteiger partial charge in [0, 0.05) is 44.8 Å². The van der Waals surface area contributed by atoms with Gasteiger partial charge >= 0.3 is 0 Å². The molecule has 0 aromatic heterocycles. The van der Waals surface area contributed by atoms with Crippen molar-refractivity contribution in [2.75, 3.05) is 37.6 Å². The van der Waals surface area contributed by atoms with Gasteiger partial charge in [0.15, 0.2) is 0 Å². The minimum Gasteiger partial charge on any atom is -0.368 e. The molecule has 0 N–H and O–H groups in total. The van der Waals surface area contributed by atoms with Gasteiger partial charge in [-0.25, -0.2) is 0 Å². The van der Waals surface area contributed by atoms with Crippen LogP contribution in [0.15, 0.2) is 42.5 Å². The third-order valence-corrected chi connectivity index (χ3v) is 6.20. The predicted octanol–water partition coefficient (Wildman–Crippen LogP) is 3.03. The van der Waals surface area contributed by atoms with E-state index >= 15 is 0 Å². The van der Waals surface area contributed by atoms with Crippen molar-refractivity contribution in [3.8, 4) is 0 Å². The van der Waals surface area contributed by atoms with Crippen LogP contribution >= 0.6 is 0 Å². The summed E-state index contributed by atoms with van der Waals surface area (Å²) in [5.74, 6) is -0.428. The van der Waals surface area contributed by atoms with Crippen LogP contribution in [-0.2, 0) is 4.79 Å². The van der Waals surface area contributed by atoms with E-state index in [1.807, 2.05) is 4.90 Å². The Hall–Kier alpha value is -3.15. The molecule has 6 heteroatoms. The molecule has 0 saturated carbocycles. The van der Waals surface area contributed by atoms with E-state index in [1.54, 1.807) is 24.3 Å². The quantitative estimate of drug-likeness (QED) is 0.718. The first kappa shape index (κ1) is 20.1. The molecule has 30 heavy (non-hydrogen) atoms. The van der Waals surface area contributed by atoms with Gasteiger partial charge in [-0.05, 0) is 49.6 Å². The molecule has 1 saturated heterocycles. The standard InChI is InChI=1S/C24H27N3O3/c1-17-7-5-10-21(18(17)2)25-13-15-26(16-14-25)22(28)11-6-12-27-23(29)19-8-3-4-9-20(19)24(27)30/h3-5,7-10H,6,11-16H2,1-2H3. The fourth-order valence-corrected chi connectivity index (χ4v) is 4.26. The lowest BCUT2D eigenvalue weighted by atomic mass is 10.1. The smallest absolute Gasteiger partial charge is 0.261 e. The molecule has 4 rings (SSSR count). The fraction of sp³-hybridized carbons (Fsp3) is 0.375. The Bertz CT molecular complexity index is 958.